The van der Waals surface area contributed by atoms with Crippen molar-refractivity contribution < 1.29 is 4.79 Å². The van der Waals surface area contributed by atoms with Gasteiger partial charge in [0, 0.05) is 16.8 Å². The molecule has 31 heavy (non-hydrogen) atoms. The minimum absolute atomic E-state index is 0.0294. The van der Waals surface area contributed by atoms with Crippen LogP contribution in [0.3, 0.4) is 0 Å². The first-order valence-corrected chi connectivity index (χ1v) is 10.2. The van der Waals surface area contributed by atoms with Crippen molar-refractivity contribution in [1.82, 2.24) is 15.4 Å². The fourth-order valence-electron chi connectivity index (χ4n) is 3.06. The topological polar surface area (TPSA) is 82.2 Å². The van der Waals surface area contributed by atoms with Gasteiger partial charge in [0.2, 0.25) is 0 Å². The number of ketones is 1. The van der Waals surface area contributed by atoms with Crippen LogP contribution in [-0.4, -0.2) is 26.6 Å². The van der Waals surface area contributed by atoms with Crippen molar-refractivity contribution in [3.05, 3.63) is 95.3 Å². The zero-order chi connectivity index (χ0) is 21.8. The number of H-pyrrole nitrogens is 1. The Bertz CT molecular complexity index is 1280. The number of carbonyl (C=O) groups excluding carboxylic acids is 1. The van der Waals surface area contributed by atoms with Crippen LogP contribution < -0.4 is 10.7 Å². The highest BCUT2D eigenvalue weighted by Crippen LogP contribution is 2.17. The second-order valence-electron chi connectivity index (χ2n) is 7.14. The van der Waals surface area contributed by atoms with E-state index in [0.29, 0.717) is 27.8 Å². The zero-order valence-corrected chi connectivity index (χ0v) is 18.0. The van der Waals surface area contributed by atoms with Crippen LogP contribution in [0.5, 0.6) is 0 Å². The van der Waals surface area contributed by atoms with Gasteiger partial charge in [0.15, 0.2) is 16.7 Å². The molecule has 0 radical (unpaired) electrons. The van der Waals surface area contributed by atoms with Crippen molar-refractivity contribution >= 4 is 45.5 Å². The number of nitrogens with zero attached hydrogens (tertiary/aromatic N) is 2. The number of imidazole rings is 1. The average Bonchev–Trinajstić information content (AvgIpc) is 3.22. The number of fused-ring (bicyclic) bond motifs is 1. The minimum atomic E-state index is -0.0294. The lowest BCUT2D eigenvalue weighted by Crippen LogP contribution is -2.25. The summed E-state index contributed by atoms with van der Waals surface area (Å²) in [7, 11) is 0. The summed E-state index contributed by atoms with van der Waals surface area (Å²) < 4.78 is 0. The quantitative estimate of drug-likeness (QED) is 0.184. The van der Waals surface area contributed by atoms with Gasteiger partial charge in [-0.05, 0) is 56.4 Å². The van der Waals surface area contributed by atoms with Crippen molar-refractivity contribution in [2.75, 3.05) is 5.32 Å². The Morgan fingerprint density at radius 2 is 1.74 bits per heavy atom. The molecule has 0 aliphatic heterocycles. The van der Waals surface area contributed by atoms with Gasteiger partial charge in [0.25, 0.3) is 0 Å². The molecule has 154 valence electrons. The van der Waals surface area contributed by atoms with E-state index in [9.17, 15) is 4.79 Å². The van der Waals surface area contributed by atoms with Crippen LogP contribution in [0.15, 0.2) is 77.9 Å². The molecule has 0 atom stereocenters. The predicted molar refractivity (Wildman–Crippen MR) is 129 cm³/mol. The molecule has 0 unspecified atom stereocenters. The van der Waals surface area contributed by atoms with Gasteiger partial charge < -0.3 is 10.3 Å². The fourth-order valence-corrected chi connectivity index (χ4v) is 3.23. The molecule has 0 aliphatic carbocycles. The molecule has 7 heteroatoms. The molecule has 6 nitrogen and oxygen atoms in total. The lowest BCUT2D eigenvalue weighted by molar-refractivity contribution is 0.103. The third-order valence-corrected chi connectivity index (χ3v) is 4.95. The number of carbonyl (C=O) groups is 1. The number of hydrogen-bond acceptors (Lipinski definition) is 4. The van der Waals surface area contributed by atoms with Crippen molar-refractivity contribution in [1.29, 1.82) is 0 Å². The van der Waals surface area contributed by atoms with Gasteiger partial charge >= 0.3 is 0 Å². The van der Waals surface area contributed by atoms with E-state index in [4.69, 9.17) is 12.2 Å². The smallest absolute Gasteiger partial charge is 0.193 e. The summed E-state index contributed by atoms with van der Waals surface area (Å²) in [6.07, 6.45) is 0. The number of aryl methyl sites for hydroxylation is 1. The third-order valence-electron chi connectivity index (χ3n) is 4.76. The number of nitrogens with one attached hydrogen (secondary N) is 3. The second kappa shape index (κ2) is 8.89. The first-order valence-electron chi connectivity index (χ1n) is 9.77. The van der Waals surface area contributed by atoms with E-state index >= 15 is 0 Å². The SMILES string of the molecule is C/C(=N\NC(=S)Nc1ccc(C)cc1)c1nc2ccc(C(=O)c3ccccc3)cc2[nH]1. The highest BCUT2D eigenvalue weighted by atomic mass is 32.1. The number of anilines is 1. The second-order valence-corrected chi connectivity index (χ2v) is 7.55. The summed E-state index contributed by atoms with van der Waals surface area (Å²) in [5.74, 6) is 0.572. The Labute approximate surface area is 185 Å². The summed E-state index contributed by atoms with van der Waals surface area (Å²) in [5.41, 5.74) is 8.32. The van der Waals surface area contributed by atoms with E-state index in [-0.39, 0.29) is 5.78 Å². The molecule has 0 spiro atoms. The van der Waals surface area contributed by atoms with Crippen molar-refractivity contribution in [3.63, 3.8) is 0 Å². The molecule has 1 aromatic heterocycles. The first kappa shape index (κ1) is 20.4. The highest BCUT2D eigenvalue weighted by molar-refractivity contribution is 7.80. The molecule has 0 saturated heterocycles. The van der Waals surface area contributed by atoms with Crippen LogP contribution in [0.4, 0.5) is 5.69 Å². The van der Waals surface area contributed by atoms with E-state index < -0.39 is 0 Å². The third kappa shape index (κ3) is 4.84. The van der Waals surface area contributed by atoms with Crippen molar-refractivity contribution in [2.45, 2.75) is 13.8 Å². The number of hydrazone groups is 1. The van der Waals surface area contributed by atoms with E-state index in [1.54, 1.807) is 18.2 Å². The predicted octanol–water partition coefficient (Wildman–Crippen LogP) is 4.81. The van der Waals surface area contributed by atoms with Gasteiger partial charge in [0.1, 0.15) is 5.71 Å². The maximum absolute atomic E-state index is 12.7. The molecular weight excluding hydrogens is 406 g/mol. The number of thiocarbonyl (C=S) groups is 1. The minimum Gasteiger partial charge on any atom is -0.337 e. The summed E-state index contributed by atoms with van der Waals surface area (Å²) in [6.45, 7) is 3.86. The molecule has 0 aliphatic rings. The van der Waals surface area contributed by atoms with Crippen molar-refractivity contribution in [2.24, 2.45) is 5.10 Å². The maximum Gasteiger partial charge on any atom is 0.193 e. The standard InChI is InChI=1S/C24H21N5OS/c1-15-8-11-19(12-9-15)25-24(31)29-28-16(2)23-26-20-13-10-18(14-21(20)27-23)22(30)17-6-4-3-5-7-17/h3-14H,1-2H3,(H,26,27)(H2,25,29,31)/b28-16+. The van der Waals surface area contributed by atoms with E-state index in [1.165, 1.54) is 5.56 Å². The van der Waals surface area contributed by atoms with Gasteiger partial charge in [-0.3, -0.25) is 10.2 Å². The van der Waals surface area contributed by atoms with Crippen LogP contribution in [0, 0.1) is 6.92 Å². The number of benzene rings is 3. The molecule has 3 N–H and O–H groups in total. The molecule has 1 heterocycles. The monoisotopic (exact) mass is 427 g/mol. The Balaban J connectivity index is 1.47. The summed E-state index contributed by atoms with van der Waals surface area (Å²) in [4.78, 5) is 20.5. The van der Waals surface area contributed by atoms with E-state index in [2.05, 4.69) is 25.8 Å². The van der Waals surface area contributed by atoms with E-state index in [1.807, 2.05) is 68.4 Å². The van der Waals surface area contributed by atoms with Gasteiger partial charge in [-0.15, -0.1) is 0 Å². The fraction of sp³-hybridized carbons (Fsp3) is 0.0833. The zero-order valence-electron chi connectivity index (χ0n) is 17.1. The van der Waals surface area contributed by atoms with E-state index in [0.717, 1.165) is 16.7 Å². The van der Waals surface area contributed by atoms with Gasteiger partial charge in [-0.2, -0.15) is 5.10 Å². The summed E-state index contributed by atoms with van der Waals surface area (Å²) >= 11 is 5.30. The maximum atomic E-state index is 12.7. The Kier molecular flexibility index (Phi) is 5.86. The molecule has 0 saturated carbocycles. The van der Waals surface area contributed by atoms with Crippen LogP contribution in [0.1, 0.15) is 34.2 Å². The average molecular weight is 428 g/mol. The van der Waals surface area contributed by atoms with Gasteiger partial charge in [-0.1, -0.05) is 48.0 Å². The van der Waals surface area contributed by atoms with Crippen LogP contribution in [-0.2, 0) is 0 Å². The van der Waals surface area contributed by atoms with Crippen LogP contribution in [0.2, 0.25) is 0 Å². The Hall–Kier alpha value is -3.84. The normalized spacial score (nSPS) is 11.4. The Morgan fingerprint density at radius 3 is 2.48 bits per heavy atom. The first-order chi connectivity index (χ1) is 15.0. The number of hydrogen-bond donors (Lipinski definition) is 3. The Morgan fingerprint density at radius 1 is 1.00 bits per heavy atom. The number of rotatable bonds is 5. The molecular formula is C24H21N5OS. The van der Waals surface area contributed by atoms with Gasteiger partial charge in [-0.25, -0.2) is 4.98 Å². The summed E-state index contributed by atoms with van der Waals surface area (Å²) in [6, 6.07) is 22.5. The summed E-state index contributed by atoms with van der Waals surface area (Å²) in [5, 5.41) is 7.78. The highest BCUT2D eigenvalue weighted by Gasteiger charge is 2.12. The number of aromatic nitrogens is 2. The molecule has 4 rings (SSSR count). The largest absolute Gasteiger partial charge is 0.337 e. The number of aromatic amines is 1. The molecule has 4 aromatic rings. The lowest BCUT2D eigenvalue weighted by atomic mass is 10.0. The van der Waals surface area contributed by atoms with Crippen molar-refractivity contribution in [3.8, 4) is 0 Å². The molecule has 0 fully saturated rings. The van der Waals surface area contributed by atoms with Gasteiger partial charge in [0.05, 0.1) is 11.0 Å². The van der Waals surface area contributed by atoms with Crippen LogP contribution >= 0.6 is 12.2 Å². The molecule has 0 bridgehead atoms. The van der Waals surface area contributed by atoms with Crippen LogP contribution in [0.25, 0.3) is 11.0 Å². The molecule has 3 aromatic carbocycles. The lowest BCUT2D eigenvalue weighted by Gasteiger charge is -2.07. The molecule has 0 amide bonds.